The predicted molar refractivity (Wildman–Crippen MR) is 93.5 cm³/mol. The number of nitrogens with one attached hydrogen (secondary N) is 1. The van der Waals surface area contributed by atoms with E-state index in [1.807, 2.05) is 0 Å². The van der Waals surface area contributed by atoms with Crippen LogP contribution in [0, 0.1) is 12.7 Å². The van der Waals surface area contributed by atoms with Crippen molar-refractivity contribution < 1.29 is 17.6 Å². The lowest BCUT2D eigenvalue weighted by Crippen LogP contribution is -2.27. The number of hydrogen-bond donors (Lipinski definition) is 1. The minimum atomic E-state index is -3.81. The van der Waals surface area contributed by atoms with Gasteiger partial charge in [0, 0.05) is 24.3 Å². The Morgan fingerprint density at radius 1 is 1.08 bits per heavy atom. The van der Waals surface area contributed by atoms with E-state index in [0.717, 1.165) is 32.0 Å². The van der Waals surface area contributed by atoms with E-state index in [2.05, 4.69) is 4.72 Å². The summed E-state index contributed by atoms with van der Waals surface area (Å²) in [6.07, 6.45) is 2.03. The van der Waals surface area contributed by atoms with Gasteiger partial charge in [-0.3, -0.25) is 9.52 Å². The van der Waals surface area contributed by atoms with Crippen LogP contribution in [-0.4, -0.2) is 32.3 Å². The van der Waals surface area contributed by atoms with Crippen LogP contribution in [0.4, 0.5) is 10.1 Å². The average Bonchev–Trinajstić information content (AvgIpc) is 3.11. The van der Waals surface area contributed by atoms with Crippen molar-refractivity contribution in [1.29, 1.82) is 0 Å². The molecule has 0 spiro atoms. The molecular formula is C18H19FN2O3S. The Hall–Kier alpha value is -2.41. The number of hydrogen-bond acceptors (Lipinski definition) is 3. The Morgan fingerprint density at radius 3 is 2.32 bits per heavy atom. The number of sulfonamides is 1. The molecule has 0 atom stereocenters. The quantitative estimate of drug-likeness (QED) is 0.908. The molecule has 0 unspecified atom stereocenters. The minimum Gasteiger partial charge on any atom is -0.339 e. The summed E-state index contributed by atoms with van der Waals surface area (Å²) in [7, 11) is -3.81. The zero-order valence-corrected chi connectivity index (χ0v) is 14.6. The van der Waals surface area contributed by atoms with Crippen molar-refractivity contribution in [3.05, 3.63) is 59.4 Å². The van der Waals surface area contributed by atoms with Crippen LogP contribution in [0.5, 0.6) is 0 Å². The molecule has 1 amide bonds. The second-order valence-electron chi connectivity index (χ2n) is 6.09. The molecular weight excluding hydrogens is 343 g/mol. The van der Waals surface area contributed by atoms with Crippen LogP contribution in [-0.2, 0) is 10.0 Å². The lowest BCUT2D eigenvalue weighted by atomic mass is 10.2. The van der Waals surface area contributed by atoms with E-state index in [4.69, 9.17) is 0 Å². The first kappa shape index (κ1) is 17.4. The molecule has 1 saturated heterocycles. The molecule has 132 valence electrons. The molecule has 2 aromatic carbocycles. The van der Waals surface area contributed by atoms with Gasteiger partial charge >= 0.3 is 0 Å². The van der Waals surface area contributed by atoms with Crippen LogP contribution in [0.1, 0.15) is 28.8 Å². The summed E-state index contributed by atoms with van der Waals surface area (Å²) in [4.78, 5) is 14.1. The van der Waals surface area contributed by atoms with Crippen molar-refractivity contribution in [3.63, 3.8) is 0 Å². The monoisotopic (exact) mass is 362 g/mol. The van der Waals surface area contributed by atoms with Crippen LogP contribution >= 0.6 is 0 Å². The van der Waals surface area contributed by atoms with Gasteiger partial charge in [-0.25, -0.2) is 12.8 Å². The van der Waals surface area contributed by atoms with Gasteiger partial charge in [-0.05, 0) is 67.8 Å². The van der Waals surface area contributed by atoms with Gasteiger partial charge in [-0.2, -0.15) is 0 Å². The van der Waals surface area contributed by atoms with E-state index in [9.17, 15) is 17.6 Å². The van der Waals surface area contributed by atoms with E-state index < -0.39 is 15.8 Å². The van der Waals surface area contributed by atoms with Crippen molar-refractivity contribution in [1.82, 2.24) is 4.90 Å². The zero-order valence-electron chi connectivity index (χ0n) is 13.8. The van der Waals surface area contributed by atoms with Gasteiger partial charge < -0.3 is 4.90 Å². The number of rotatable bonds is 4. The first-order valence-electron chi connectivity index (χ1n) is 8.05. The first-order chi connectivity index (χ1) is 11.9. The normalized spacial score (nSPS) is 14.6. The fourth-order valence-corrected chi connectivity index (χ4v) is 3.93. The molecule has 3 rings (SSSR count). The number of likely N-dealkylation sites (tertiary alicyclic amines) is 1. The van der Waals surface area contributed by atoms with E-state index in [0.29, 0.717) is 11.3 Å². The number of anilines is 1. The highest BCUT2D eigenvalue weighted by molar-refractivity contribution is 7.92. The summed E-state index contributed by atoms with van der Waals surface area (Å²) < 4.78 is 40.5. The molecule has 0 aromatic heterocycles. The van der Waals surface area contributed by atoms with Crippen molar-refractivity contribution in [2.24, 2.45) is 0 Å². The van der Waals surface area contributed by atoms with Crippen LogP contribution < -0.4 is 4.72 Å². The Morgan fingerprint density at radius 2 is 1.72 bits per heavy atom. The summed E-state index contributed by atoms with van der Waals surface area (Å²) in [5, 5.41) is 0. The molecule has 0 aliphatic carbocycles. The fourth-order valence-electron chi connectivity index (χ4n) is 2.78. The Bertz CT molecular complexity index is 889. The Balaban J connectivity index is 1.76. The predicted octanol–water partition coefficient (Wildman–Crippen LogP) is 3.17. The summed E-state index contributed by atoms with van der Waals surface area (Å²) in [6.45, 7) is 3.03. The van der Waals surface area contributed by atoms with Crippen molar-refractivity contribution in [2.45, 2.75) is 24.7 Å². The van der Waals surface area contributed by atoms with Gasteiger partial charge in [-0.1, -0.05) is 0 Å². The summed E-state index contributed by atoms with van der Waals surface area (Å²) >= 11 is 0. The minimum absolute atomic E-state index is 0.0105. The van der Waals surface area contributed by atoms with Gasteiger partial charge in [0.25, 0.3) is 15.9 Å². The van der Waals surface area contributed by atoms with Crippen LogP contribution in [0.3, 0.4) is 0 Å². The SMILES string of the molecule is Cc1cc(S(=O)(=O)Nc2ccc(C(=O)N3CCCC3)cc2)ccc1F. The number of carbonyl (C=O) groups excluding carboxylic acids is 1. The average molecular weight is 362 g/mol. The second kappa shape index (κ2) is 6.84. The number of nitrogens with zero attached hydrogens (tertiary/aromatic N) is 1. The molecule has 0 saturated carbocycles. The van der Waals surface area contributed by atoms with E-state index in [1.54, 1.807) is 29.2 Å². The third-order valence-corrected chi connectivity index (χ3v) is 5.60. The maximum Gasteiger partial charge on any atom is 0.261 e. The molecule has 1 heterocycles. The third-order valence-electron chi connectivity index (χ3n) is 4.22. The van der Waals surface area contributed by atoms with E-state index >= 15 is 0 Å². The highest BCUT2D eigenvalue weighted by Crippen LogP contribution is 2.20. The van der Waals surface area contributed by atoms with E-state index in [-0.39, 0.29) is 16.4 Å². The topological polar surface area (TPSA) is 66.5 Å². The first-order valence-corrected chi connectivity index (χ1v) is 9.53. The number of benzene rings is 2. The van der Waals surface area contributed by atoms with Crippen LogP contribution in [0.15, 0.2) is 47.4 Å². The van der Waals surface area contributed by atoms with Crippen molar-refractivity contribution in [3.8, 4) is 0 Å². The van der Waals surface area contributed by atoms with Gasteiger partial charge in [0.05, 0.1) is 4.90 Å². The fraction of sp³-hybridized carbons (Fsp3) is 0.278. The number of amides is 1. The van der Waals surface area contributed by atoms with Crippen LogP contribution in [0.2, 0.25) is 0 Å². The van der Waals surface area contributed by atoms with Crippen molar-refractivity contribution >= 4 is 21.6 Å². The maximum absolute atomic E-state index is 13.3. The number of halogens is 1. The Labute approximate surface area is 146 Å². The summed E-state index contributed by atoms with van der Waals surface area (Å²) in [6, 6.07) is 9.94. The molecule has 5 nitrogen and oxygen atoms in total. The number of aryl methyl sites for hydroxylation is 1. The molecule has 1 N–H and O–H groups in total. The highest BCUT2D eigenvalue weighted by Gasteiger charge is 2.20. The standard InChI is InChI=1S/C18H19FN2O3S/c1-13-12-16(8-9-17(13)19)25(23,24)20-15-6-4-14(5-7-15)18(22)21-10-2-3-11-21/h4-9,12,20H,2-3,10-11H2,1H3. The lowest BCUT2D eigenvalue weighted by Gasteiger charge is -2.15. The van der Waals surface area contributed by atoms with Crippen molar-refractivity contribution in [2.75, 3.05) is 17.8 Å². The number of carbonyl (C=O) groups is 1. The smallest absolute Gasteiger partial charge is 0.261 e. The Kier molecular flexibility index (Phi) is 4.76. The third kappa shape index (κ3) is 3.82. The highest BCUT2D eigenvalue weighted by atomic mass is 32.2. The van der Waals surface area contributed by atoms with Gasteiger partial charge in [0.1, 0.15) is 5.82 Å². The van der Waals surface area contributed by atoms with Gasteiger partial charge in [0.2, 0.25) is 0 Å². The molecule has 1 aliphatic rings. The summed E-state index contributed by atoms with van der Waals surface area (Å²) in [5.41, 5.74) is 1.14. The molecule has 7 heteroatoms. The lowest BCUT2D eigenvalue weighted by molar-refractivity contribution is 0.0793. The molecule has 2 aromatic rings. The second-order valence-corrected chi connectivity index (χ2v) is 7.78. The zero-order chi connectivity index (χ0) is 18.0. The molecule has 25 heavy (non-hydrogen) atoms. The van der Waals surface area contributed by atoms with Gasteiger partial charge in [0.15, 0.2) is 0 Å². The molecule has 0 bridgehead atoms. The largest absolute Gasteiger partial charge is 0.339 e. The molecule has 0 radical (unpaired) electrons. The molecule has 1 fully saturated rings. The van der Waals surface area contributed by atoms with Gasteiger partial charge in [-0.15, -0.1) is 0 Å². The van der Waals surface area contributed by atoms with E-state index in [1.165, 1.54) is 19.1 Å². The summed E-state index contributed by atoms with van der Waals surface area (Å²) in [5.74, 6) is -0.496. The van der Waals surface area contributed by atoms with Crippen LogP contribution in [0.25, 0.3) is 0 Å². The molecule has 1 aliphatic heterocycles. The maximum atomic E-state index is 13.3.